The molecule has 3 heterocycles. The first-order valence-corrected chi connectivity index (χ1v) is 15.0. The van der Waals surface area contributed by atoms with Crippen LogP contribution < -0.4 is 0 Å². The van der Waals surface area contributed by atoms with Gasteiger partial charge in [-0.2, -0.15) is 0 Å². The summed E-state index contributed by atoms with van der Waals surface area (Å²) in [7, 11) is -5.55. The summed E-state index contributed by atoms with van der Waals surface area (Å²) in [4.78, 5) is 25.4. The summed E-state index contributed by atoms with van der Waals surface area (Å²) in [5, 5.41) is 0. The molecule has 1 amide bonds. The smallest absolute Gasteiger partial charge is 0.410 e. The number of rotatable bonds is 6. The van der Waals surface area contributed by atoms with Crippen LogP contribution in [0.15, 0.2) is 0 Å². The third-order valence-corrected chi connectivity index (χ3v) is 17.2. The Kier molecular flexibility index (Phi) is 6.74. The van der Waals surface area contributed by atoms with Gasteiger partial charge in [-0.25, -0.2) is 4.79 Å². The number of fused-ring (bicyclic) bond motifs is 2. The van der Waals surface area contributed by atoms with Crippen LogP contribution >= 0.6 is 0 Å². The largest absolute Gasteiger partial charge is 0.459 e. The van der Waals surface area contributed by atoms with Crippen molar-refractivity contribution in [1.82, 2.24) is 4.90 Å². The minimum atomic E-state index is -2.79. The molecule has 8 nitrogen and oxygen atoms in total. The summed E-state index contributed by atoms with van der Waals surface area (Å²) in [6, 6.07) is -0.370. The number of carbonyl (C=O) groups excluding carboxylic acids is 2. The fourth-order valence-corrected chi connectivity index (χ4v) is 16.5. The molecule has 0 N–H and O–H groups in total. The third kappa shape index (κ3) is 3.64. The van der Waals surface area contributed by atoms with E-state index in [1.54, 1.807) is 4.90 Å². The highest BCUT2D eigenvalue weighted by molar-refractivity contribution is 6.84. The Labute approximate surface area is 182 Å². The van der Waals surface area contributed by atoms with Crippen molar-refractivity contribution < 1.29 is 32.0 Å². The maximum atomic E-state index is 12.3. The average molecular weight is 460 g/mol. The van der Waals surface area contributed by atoms with E-state index in [1.165, 1.54) is 0 Å². The molecule has 3 fully saturated rings. The molecular formula is C20H37NO7Si2. The van der Waals surface area contributed by atoms with Gasteiger partial charge in [0.25, 0.3) is 6.47 Å². The summed E-state index contributed by atoms with van der Waals surface area (Å²) in [5.41, 5.74) is 0.747. The van der Waals surface area contributed by atoms with Gasteiger partial charge >= 0.3 is 23.2 Å². The molecule has 0 aromatic carbocycles. The first-order valence-electron chi connectivity index (χ1n) is 11.1. The number of nitrogens with zero attached hydrogens (tertiary/aromatic N) is 1. The molecule has 0 spiro atoms. The van der Waals surface area contributed by atoms with E-state index < -0.39 is 41.5 Å². The van der Waals surface area contributed by atoms with Crippen LogP contribution in [0.5, 0.6) is 0 Å². The summed E-state index contributed by atoms with van der Waals surface area (Å²) in [5.74, 6) is 0. The van der Waals surface area contributed by atoms with E-state index in [0.717, 1.165) is 0 Å². The molecule has 30 heavy (non-hydrogen) atoms. The van der Waals surface area contributed by atoms with Gasteiger partial charge in [0.2, 0.25) is 0 Å². The molecule has 172 valence electrons. The summed E-state index contributed by atoms with van der Waals surface area (Å²) in [6.07, 6.45) is -1.97. The predicted octanol–water partition coefficient (Wildman–Crippen LogP) is 3.69. The van der Waals surface area contributed by atoms with Gasteiger partial charge in [-0.05, 0) is 22.2 Å². The Bertz CT molecular complexity index is 641. The summed E-state index contributed by atoms with van der Waals surface area (Å²) < 4.78 is 31.8. The number of hydrogen-bond acceptors (Lipinski definition) is 7. The first kappa shape index (κ1) is 23.7. The van der Waals surface area contributed by atoms with Crippen LogP contribution in [0.25, 0.3) is 0 Å². The van der Waals surface area contributed by atoms with E-state index in [9.17, 15) is 9.59 Å². The SMILES string of the molecule is CC(C)[Si]1(C(C)C)O[C@@H]2[C@H](CN3C(=O)OCC3[C@@H]2OC=O)O[Si](C(C)C)(C(C)C)O1. The molecule has 0 radical (unpaired) electrons. The number of hydrogen-bond donors (Lipinski definition) is 0. The van der Waals surface area contributed by atoms with Crippen LogP contribution in [0, 0.1) is 0 Å². The Hall–Kier alpha value is -0.946. The number of piperidine rings is 1. The third-order valence-electron chi connectivity index (χ3n) is 6.87. The molecule has 0 bridgehead atoms. The van der Waals surface area contributed by atoms with Crippen molar-refractivity contribution in [2.75, 3.05) is 13.2 Å². The maximum absolute atomic E-state index is 12.3. The van der Waals surface area contributed by atoms with Crippen LogP contribution in [0.2, 0.25) is 22.2 Å². The number of amides is 1. The predicted molar refractivity (Wildman–Crippen MR) is 116 cm³/mol. The fourth-order valence-electron chi connectivity index (χ4n) is 5.25. The van der Waals surface area contributed by atoms with Crippen molar-refractivity contribution >= 4 is 29.7 Å². The average Bonchev–Trinajstić information content (AvgIpc) is 2.92. The van der Waals surface area contributed by atoms with Gasteiger partial charge in [0, 0.05) is 0 Å². The Balaban J connectivity index is 2.15. The van der Waals surface area contributed by atoms with Gasteiger partial charge < -0.3 is 22.4 Å². The Morgan fingerprint density at radius 1 is 0.967 bits per heavy atom. The molecule has 0 saturated carbocycles. The second-order valence-corrected chi connectivity index (χ2v) is 18.7. The molecule has 4 atom stereocenters. The number of ether oxygens (including phenoxy) is 2. The van der Waals surface area contributed by atoms with Crippen molar-refractivity contribution in [3.8, 4) is 0 Å². The van der Waals surface area contributed by atoms with E-state index in [-0.39, 0.29) is 34.8 Å². The van der Waals surface area contributed by atoms with Gasteiger partial charge in [-0.3, -0.25) is 9.69 Å². The van der Waals surface area contributed by atoms with Crippen LogP contribution in [0.1, 0.15) is 55.4 Å². The van der Waals surface area contributed by atoms with Crippen molar-refractivity contribution in [2.45, 2.75) is 102 Å². The minimum Gasteiger partial charge on any atom is -0.459 e. The Morgan fingerprint density at radius 3 is 2.00 bits per heavy atom. The standard InChI is InChI=1S/C20H37NO7Si2/c1-12(2)29(13(3)4)26-17-9-21-16(10-24-20(21)23)18(25-11-22)19(17)27-30(28-29,14(5)6)15(7)8/h11-19H,9-10H2,1-8H3/t16?,17-,18-,19+/m0/s1. The zero-order chi connectivity index (χ0) is 22.4. The minimum absolute atomic E-state index is 0.180. The van der Waals surface area contributed by atoms with Crippen LogP contribution in [-0.4, -0.2) is 72.1 Å². The normalized spacial score (nSPS) is 32.8. The summed E-state index contributed by atoms with van der Waals surface area (Å²) >= 11 is 0. The van der Waals surface area contributed by atoms with E-state index >= 15 is 0 Å². The van der Waals surface area contributed by atoms with Gasteiger partial charge in [-0.1, -0.05) is 55.4 Å². The lowest BCUT2D eigenvalue weighted by molar-refractivity contribution is -0.156. The molecule has 3 aliphatic heterocycles. The van der Waals surface area contributed by atoms with Crippen LogP contribution in [0.4, 0.5) is 4.79 Å². The highest BCUT2D eigenvalue weighted by Crippen LogP contribution is 2.49. The van der Waals surface area contributed by atoms with Crippen molar-refractivity contribution in [2.24, 2.45) is 0 Å². The van der Waals surface area contributed by atoms with Crippen LogP contribution in [0.3, 0.4) is 0 Å². The molecular weight excluding hydrogens is 422 g/mol. The number of cyclic esters (lactones) is 1. The molecule has 3 saturated heterocycles. The van der Waals surface area contributed by atoms with Gasteiger partial charge in [0.1, 0.15) is 18.8 Å². The molecule has 0 aromatic heterocycles. The van der Waals surface area contributed by atoms with Gasteiger partial charge in [0.15, 0.2) is 6.10 Å². The number of carbonyl (C=O) groups is 2. The van der Waals surface area contributed by atoms with Gasteiger partial charge in [-0.15, -0.1) is 0 Å². The second kappa shape index (κ2) is 8.53. The topological polar surface area (TPSA) is 83.5 Å². The Morgan fingerprint density at radius 2 is 1.50 bits per heavy atom. The molecule has 10 heteroatoms. The van der Waals surface area contributed by atoms with Crippen molar-refractivity contribution in [1.29, 1.82) is 0 Å². The lowest BCUT2D eigenvalue weighted by Crippen LogP contribution is -2.64. The van der Waals surface area contributed by atoms with Crippen molar-refractivity contribution in [3.63, 3.8) is 0 Å². The molecule has 3 aliphatic rings. The zero-order valence-corrected chi connectivity index (χ0v) is 21.4. The fraction of sp³-hybridized carbons (Fsp3) is 0.900. The van der Waals surface area contributed by atoms with E-state index in [2.05, 4.69) is 55.4 Å². The first-order chi connectivity index (χ1) is 14.0. The highest BCUT2D eigenvalue weighted by Gasteiger charge is 2.64. The lowest BCUT2D eigenvalue weighted by atomic mass is 9.95. The highest BCUT2D eigenvalue weighted by atomic mass is 28.5. The molecule has 3 rings (SSSR count). The van der Waals surface area contributed by atoms with E-state index in [4.69, 9.17) is 22.4 Å². The van der Waals surface area contributed by atoms with E-state index in [1.807, 2.05) is 0 Å². The second-order valence-electron chi connectivity index (χ2n) is 9.90. The quantitative estimate of drug-likeness (QED) is 0.442. The molecule has 0 aliphatic carbocycles. The van der Waals surface area contributed by atoms with Crippen molar-refractivity contribution in [3.05, 3.63) is 0 Å². The van der Waals surface area contributed by atoms with Crippen LogP contribution in [-0.2, 0) is 27.2 Å². The summed E-state index contributed by atoms with van der Waals surface area (Å²) in [6.45, 7) is 18.2. The monoisotopic (exact) mass is 459 g/mol. The maximum Gasteiger partial charge on any atom is 0.410 e. The van der Waals surface area contributed by atoms with E-state index in [0.29, 0.717) is 13.0 Å². The van der Waals surface area contributed by atoms with Gasteiger partial charge in [0.05, 0.1) is 12.6 Å². The lowest BCUT2D eigenvalue weighted by Gasteiger charge is -2.46. The zero-order valence-electron chi connectivity index (χ0n) is 19.4. The molecule has 0 aromatic rings. The molecule has 1 unspecified atom stereocenters.